The Hall–Kier alpha value is -2.69. The van der Waals surface area contributed by atoms with Crippen molar-refractivity contribution < 1.29 is 13.2 Å². The Labute approximate surface area is 125 Å². The summed E-state index contributed by atoms with van der Waals surface area (Å²) in [5.74, 6) is -0.508. The third kappa shape index (κ3) is 2.57. The van der Waals surface area contributed by atoms with Crippen LogP contribution in [0.3, 0.4) is 0 Å². The van der Waals surface area contributed by atoms with E-state index in [4.69, 9.17) is 10.2 Å². The molecule has 0 fully saturated rings. The Kier molecular flexibility index (Phi) is 3.63. The molecule has 0 aliphatic heterocycles. The zero-order valence-electron chi connectivity index (χ0n) is 11.6. The zero-order chi connectivity index (χ0) is 15.7. The molecule has 0 unspecified atom stereocenters. The third-order valence-corrected chi connectivity index (χ3v) is 3.55. The fraction of sp³-hybridized carbons (Fsp3) is 0.118. The van der Waals surface area contributed by atoms with E-state index < -0.39 is 18.1 Å². The standard InChI is InChI=1S/C17H13F2NO2/c18-9-15-13-8-11(19)4-5-16(13)22-17(21)14(15)7-10-2-1-3-12(20)6-10/h1-6,8H,7,9,20H2. The molecule has 0 aliphatic rings. The fourth-order valence-electron chi connectivity index (χ4n) is 2.51. The number of fused-ring (bicyclic) bond motifs is 1. The van der Waals surface area contributed by atoms with Crippen LogP contribution >= 0.6 is 0 Å². The van der Waals surface area contributed by atoms with Crippen molar-refractivity contribution in [2.24, 2.45) is 0 Å². The van der Waals surface area contributed by atoms with Gasteiger partial charge in [-0.1, -0.05) is 12.1 Å². The number of nitrogen functional groups attached to an aromatic ring is 1. The molecule has 3 nitrogen and oxygen atoms in total. The van der Waals surface area contributed by atoms with E-state index >= 15 is 0 Å². The first-order valence-electron chi connectivity index (χ1n) is 6.73. The van der Waals surface area contributed by atoms with Crippen molar-refractivity contribution in [3.8, 4) is 0 Å². The topological polar surface area (TPSA) is 56.2 Å². The molecule has 22 heavy (non-hydrogen) atoms. The van der Waals surface area contributed by atoms with Gasteiger partial charge in [0.25, 0.3) is 0 Å². The Morgan fingerprint density at radius 3 is 2.64 bits per heavy atom. The number of halogens is 2. The number of anilines is 1. The molecule has 0 spiro atoms. The van der Waals surface area contributed by atoms with Crippen molar-refractivity contribution in [3.63, 3.8) is 0 Å². The highest BCUT2D eigenvalue weighted by Crippen LogP contribution is 2.24. The van der Waals surface area contributed by atoms with Crippen molar-refractivity contribution >= 4 is 16.7 Å². The van der Waals surface area contributed by atoms with Gasteiger partial charge in [-0.25, -0.2) is 13.6 Å². The molecular formula is C17H13F2NO2. The maximum atomic E-state index is 13.5. The first kappa shape index (κ1) is 14.3. The number of hydrogen-bond donors (Lipinski definition) is 1. The summed E-state index contributed by atoms with van der Waals surface area (Å²) in [6, 6.07) is 10.6. The first-order chi connectivity index (χ1) is 10.6. The number of benzene rings is 2. The molecular weight excluding hydrogens is 288 g/mol. The number of rotatable bonds is 3. The molecule has 1 aromatic heterocycles. The SMILES string of the molecule is Nc1cccc(Cc2c(CF)c3cc(F)ccc3oc2=O)c1. The summed E-state index contributed by atoms with van der Waals surface area (Å²) in [7, 11) is 0. The van der Waals surface area contributed by atoms with E-state index in [2.05, 4.69) is 0 Å². The summed E-state index contributed by atoms with van der Waals surface area (Å²) in [5.41, 5.74) is 6.93. The zero-order valence-corrected chi connectivity index (χ0v) is 11.6. The maximum Gasteiger partial charge on any atom is 0.340 e. The molecule has 0 atom stereocenters. The van der Waals surface area contributed by atoms with Crippen molar-refractivity contribution in [2.45, 2.75) is 13.1 Å². The van der Waals surface area contributed by atoms with Gasteiger partial charge in [-0.2, -0.15) is 0 Å². The number of nitrogens with two attached hydrogens (primary N) is 1. The molecule has 1 heterocycles. The average Bonchev–Trinajstić information content (AvgIpc) is 2.49. The lowest BCUT2D eigenvalue weighted by atomic mass is 9.99. The summed E-state index contributed by atoms with van der Waals surface area (Å²) in [6.07, 6.45) is 0.180. The van der Waals surface area contributed by atoms with Gasteiger partial charge in [0.1, 0.15) is 18.1 Å². The molecule has 0 bridgehead atoms. The molecule has 3 rings (SSSR count). The average molecular weight is 301 g/mol. The van der Waals surface area contributed by atoms with E-state index in [0.29, 0.717) is 5.69 Å². The van der Waals surface area contributed by atoms with Crippen LogP contribution in [0.25, 0.3) is 11.0 Å². The molecule has 0 aliphatic carbocycles. The quantitative estimate of drug-likeness (QED) is 0.594. The smallest absolute Gasteiger partial charge is 0.340 e. The lowest BCUT2D eigenvalue weighted by Crippen LogP contribution is -2.12. The van der Waals surface area contributed by atoms with Gasteiger partial charge in [-0.3, -0.25) is 0 Å². The minimum absolute atomic E-state index is 0.160. The largest absolute Gasteiger partial charge is 0.422 e. The van der Waals surface area contributed by atoms with Gasteiger partial charge in [0.05, 0.1) is 0 Å². The second-order valence-corrected chi connectivity index (χ2v) is 5.04. The predicted octanol–water partition coefficient (Wildman–Crippen LogP) is 3.57. The number of alkyl halides is 1. The molecule has 2 N–H and O–H groups in total. The van der Waals surface area contributed by atoms with E-state index in [9.17, 15) is 13.6 Å². The summed E-state index contributed by atoms with van der Waals surface area (Å²) < 4.78 is 32.1. The van der Waals surface area contributed by atoms with E-state index in [1.165, 1.54) is 18.2 Å². The summed E-state index contributed by atoms with van der Waals surface area (Å²) in [5, 5.41) is 0.279. The molecule has 3 aromatic rings. The summed E-state index contributed by atoms with van der Waals surface area (Å²) >= 11 is 0. The highest BCUT2D eigenvalue weighted by atomic mass is 19.1. The molecule has 0 amide bonds. The van der Waals surface area contributed by atoms with Crippen LogP contribution in [-0.2, 0) is 13.1 Å². The highest BCUT2D eigenvalue weighted by Gasteiger charge is 2.15. The molecule has 0 radical (unpaired) electrons. The highest BCUT2D eigenvalue weighted by molar-refractivity contribution is 5.81. The molecule has 2 aromatic carbocycles. The molecule has 0 saturated heterocycles. The van der Waals surface area contributed by atoms with Crippen LogP contribution in [0, 0.1) is 5.82 Å². The van der Waals surface area contributed by atoms with Gasteiger partial charge < -0.3 is 10.2 Å². The Morgan fingerprint density at radius 1 is 1.09 bits per heavy atom. The van der Waals surface area contributed by atoms with E-state index in [-0.39, 0.29) is 28.5 Å². The third-order valence-electron chi connectivity index (χ3n) is 3.55. The second kappa shape index (κ2) is 5.60. The summed E-state index contributed by atoms with van der Waals surface area (Å²) in [6.45, 7) is -0.872. The monoisotopic (exact) mass is 301 g/mol. The fourth-order valence-corrected chi connectivity index (χ4v) is 2.51. The van der Waals surface area contributed by atoms with Gasteiger partial charge in [0, 0.05) is 28.6 Å². The second-order valence-electron chi connectivity index (χ2n) is 5.04. The molecule has 112 valence electrons. The van der Waals surface area contributed by atoms with Gasteiger partial charge in [-0.05, 0) is 35.9 Å². The van der Waals surface area contributed by atoms with Crippen molar-refractivity contribution in [1.82, 2.24) is 0 Å². The minimum Gasteiger partial charge on any atom is -0.422 e. The lowest BCUT2D eigenvalue weighted by Gasteiger charge is -2.09. The van der Waals surface area contributed by atoms with Crippen LogP contribution in [0.5, 0.6) is 0 Å². The van der Waals surface area contributed by atoms with Crippen molar-refractivity contribution in [1.29, 1.82) is 0 Å². The normalized spacial score (nSPS) is 11.0. The van der Waals surface area contributed by atoms with Crippen LogP contribution < -0.4 is 11.4 Å². The lowest BCUT2D eigenvalue weighted by molar-refractivity contribution is 0.476. The van der Waals surface area contributed by atoms with Crippen LogP contribution in [-0.4, -0.2) is 0 Å². The van der Waals surface area contributed by atoms with Gasteiger partial charge in [0.15, 0.2) is 0 Å². The van der Waals surface area contributed by atoms with Gasteiger partial charge in [-0.15, -0.1) is 0 Å². The van der Waals surface area contributed by atoms with Gasteiger partial charge in [0.2, 0.25) is 0 Å². The Morgan fingerprint density at radius 2 is 1.91 bits per heavy atom. The van der Waals surface area contributed by atoms with Crippen molar-refractivity contribution in [2.75, 3.05) is 5.73 Å². The number of hydrogen-bond acceptors (Lipinski definition) is 3. The summed E-state index contributed by atoms with van der Waals surface area (Å²) in [4.78, 5) is 12.1. The van der Waals surface area contributed by atoms with E-state index in [1.807, 2.05) is 0 Å². The maximum absolute atomic E-state index is 13.5. The van der Waals surface area contributed by atoms with E-state index in [1.54, 1.807) is 24.3 Å². The van der Waals surface area contributed by atoms with Crippen LogP contribution in [0.1, 0.15) is 16.7 Å². The Balaban J connectivity index is 2.20. The molecule has 5 heteroatoms. The Bertz CT molecular complexity index is 903. The van der Waals surface area contributed by atoms with Crippen LogP contribution in [0.4, 0.5) is 14.5 Å². The first-order valence-corrected chi connectivity index (χ1v) is 6.73. The predicted molar refractivity (Wildman–Crippen MR) is 80.9 cm³/mol. The molecule has 0 saturated carbocycles. The van der Waals surface area contributed by atoms with Crippen molar-refractivity contribution in [3.05, 3.63) is 75.4 Å². The van der Waals surface area contributed by atoms with Crippen LogP contribution in [0.2, 0.25) is 0 Å². The van der Waals surface area contributed by atoms with Gasteiger partial charge >= 0.3 is 5.63 Å². The van der Waals surface area contributed by atoms with Crippen LogP contribution in [0.15, 0.2) is 51.7 Å². The minimum atomic E-state index is -0.872. The van der Waals surface area contributed by atoms with E-state index in [0.717, 1.165) is 5.56 Å².